The second-order valence-electron chi connectivity index (χ2n) is 1.51. The molecule has 0 saturated carbocycles. The first kappa shape index (κ1) is 8.62. The molecule has 9 heavy (non-hydrogen) atoms. The first-order chi connectivity index (χ1) is 4.06. The molecule has 0 aromatic carbocycles. The summed E-state index contributed by atoms with van der Waals surface area (Å²) in [6.45, 7) is -1.01. The van der Waals surface area contributed by atoms with Gasteiger partial charge in [-0.1, -0.05) is 0 Å². The maximum Gasteiger partial charge on any atom is 0.345 e. The van der Waals surface area contributed by atoms with E-state index < -0.39 is 26.4 Å². The van der Waals surface area contributed by atoms with Gasteiger partial charge in [0.15, 0.2) is 0 Å². The van der Waals surface area contributed by atoms with E-state index in [-0.39, 0.29) is 0 Å². The molecule has 0 aromatic rings. The molecule has 0 aromatic heterocycles. The van der Waals surface area contributed by atoms with Gasteiger partial charge in [-0.15, -0.1) is 0 Å². The Morgan fingerprint density at radius 3 is 2.11 bits per heavy atom. The Bertz CT molecular complexity index is 134. The van der Waals surface area contributed by atoms with E-state index in [1.165, 1.54) is 0 Å². The number of carboxylic acid groups (broad SMARTS) is 1. The normalized spacial score (nSPS) is 18.0. The van der Waals surface area contributed by atoms with Crippen LogP contribution < -0.4 is 0 Å². The zero-order chi connectivity index (χ0) is 7.49. The molecule has 0 radical (unpaired) electrons. The van der Waals surface area contributed by atoms with Gasteiger partial charge in [-0.05, 0) is 0 Å². The molecule has 0 aliphatic heterocycles. The molecule has 0 heterocycles. The molecule has 0 rings (SSSR count). The van der Waals surface area contributed by atoms with Crippen molar-refractivity contribution in [2.24, 2.45) is 0 Å². The molecule has 54 valence electrons. The van der Waals surface area contributed by atoms with Crippen LogP contribution in [0.3, 0.4) is 0 Å². The third kappa shape index (κ3) is 1.78. The minimum atomic E-state index is -2.42. The highest BCUT2D eigenvalue weighted by atomic mass is 31.1. The van der Waals surface area contributed by atoms with Crippen LogP contribution in [0.15, 0.2) is 0 Å². The fourth-order valence-electron chi connectivity index (χ4n) is 0.155. The number of aliphatic hydroxyl groups is 2. The molecule has 0 spiro atoms. The number of carboxylic acids is 1. The van der Waals surface area contributed by atoms with Gasteiger partial charge in [-0.3, -0.25) is 0 Å². The average Bonchev–Trinajstić information content (AvgIpc) is 1.86. The van der Waals surface area contributed by atoms with Gasteiger partial charge in [-0.2, -0.15) is 0 Å². The summed E-state index contributed by atoms with van der Waals surface area (Å²) in [6.07, 6.45) is 0. The third-order valence-electron chi connectivity index (χ3n) is 0.806. The minimum Gasteiger partial charge on any atom is -0.479 e. The number of rotatable bonds is 3. The highest BCUT2D eigenvalue weighted by Crippen LogP contribution is 2.18. The van der Waals surface area contributed by atoms with Crippen molar-refractivity contribution in [3.63, 3.8) is 0 Å². The zero-order valence-corrected chi connectivity index (χ0v) is 5.60. The summed E-state index contributed by atoms with van der Waals surface area (Å²) >= 11 is 0. The topological polar surface area (TPSA) is 94.8 Å². The molecule has 5 nitrogen and oxygen atoms in total. The highest BCUT2D eigenvalue weighted by molar-refractivity contribution is 7.27. The summed E-state index contributed by atoms with van der Waals surface area (Å²) in [5, 5.41) is 22.4. The summed E-state index contributed by atoms with van der Waals surface area (Å²) in [5.41, 5.74) is 0. The lowest BCUT2D eigenvalue weighted by Crippen LogP contribution is -2.35. The van der Waals surface area contributed by atoms with Crippen LogP contribution in [0.2, 0.25) is 0 Å². The maximum atomic E-state index is 9.92. The Labute approximate surface area is 52.1 Å². The van der Waals surface area contributed by atoms with Crippen LogP contribution in [0.4, 0.5) is 0 Å². The number of carbonyl (C=O) groups is 1. The molecule has 2 atom stereocenters. The minimum absolute atomic E-state index is 1.01. The van der Waals surface area contributed by atoms with Crippen LogP contribution >= 0.6 is 8.46 Å². The second-order valence-corrected chi connectivity index (χ2v) is 2.70. The van der Waals surface area contributed by atoms with Crippen molar-refractivity contribution in [2.45, 2.75) is 5.34 Å². The lowest BCUT2D eigenvalue weighted by Gasteiger charge is -2.11. The summed E-state index contributed by atoms with van der Waals surface area (Å²) < 4.78 is 9.92. The van der Waals surface area contributed by atoms with E-state index in [2.05, 4.69) is 0 Å². The smallest absolute Gasteiger partial charge is 0.345 e. The molecule has 0 saturated heterocycles. The van der Waals surface area contributed by atoms with Crippen LogP contribution in [-0.2, 0) is 9.36 Å². The molecule has 0 bridgehead atoms. The summed E-state index contributed by atoms with van der Waals surface area (Å²) in [5.74, 6) is -1.66. The van der Waals surface area contributed by atoms with E-state index >= 15 is 0 Å². The van der Waals surface area contributed by atoms with Crippen molar-refractivity contribution in [1.82, 2.24) is 0 Å². The Balaban J connectivity index is 4.27. The summed E-state index contributed by atoms with van der Waals surface area (Å²) in [7, 11) is -1.91. The second kappa shape index (κ2) is 2.96. The standard InChI is InChI=1S/C3H7O5P/c4-1-3(7,9-8)2(5)6/h4,7H,1,9H2,(H,5,6). The predicted molar refractivity (Wildman–Crippen MR) is 30.1 cm³/mol. The molecule has 0 aliphatic carbocycles. The number of aliphatic carboxylic acids is 1. The monoisotopic (exact) mass is 154 g/mol. The highest BCUT2D eigenvalue weighted by Gasteiger charge is 2.33. The molecule has 2 unspecified atom stereocenters. The quantitative estimate of drug-likeness (QED) is 0.430. The van der Waals surface area contributed by atoms with Crippen molar-refractivity contribution < 1.29 is 24.7 Å². The Morgan fingerprint density at radius 1 is 1.67 bits per heavy atom. The molecule has 0 aliphatic rings. The van der Waals surface area contributed by atoms with Gasteiger partial charge in [0.1, 0.15) is 8.46 Å². The maximum absolute atomic E-state index is 9.92. The van der Waals surface area contributed by atoms with Crippen molar-refractivity contribution in [3.8, 4) is 0 Å². The summed E-state index contributed by atoms with van der Waals surface area (Å²) in [6, 6.07) is 0. The number of hydrogen-bond donors (Lipinski definition) is 3. The van der Waals surface area contributed by atoms with Gasteiger partial charge in [-0.25, -0.2) is 4.79 Å². The Morgan fingerprint density at radius 2 is 2.11 bits per heavy atom. The van der Waals surface area contributed by atoms with Crippen LogP contribution in [0, 0.1) is 0 Å². The van der Waals surface area contributed by atoms with Crippen molar-refractivity contribution >= 4 is 14.4 Å². The van der Waals surface area contributed by atoms with E-state index in [0.29, 0.717) is 0 Å². The third-order valence-corrected chi connectivity index (χ3v) is 1.63. The van der Waals surface area contributed by atoms with E-state index in [1.54, 1.807) is 0 Å². The van der Waals surface area contributed by atoms with Crippen molar-refractivity contribution in [2.75, 3.05) is 6.61 Å². The van der Waals surface area contributed by atoms with Gasteiger partial charge < -0.3 is 19.9 Å². The molecule has 6 heteroatoms. The van der Waals surface area contributed by atoms with Crippen LogP contribution in [0.25, 0.3) is 0 Å². The van der Waals surface area contributed by atoms with Gasteiger partial charge in [0.2, 0.25) is 5.34 Å². The lowest BCUT2D eigenvalue weighted by atomic mass is 10.4. The van der Waals surface area contributed by atoms with E-state index in [9.17, 15) is 9.36 Å². The van der Waals surface area contributed by atoms with E-state index in [1.807, 2.05) is 0 Å². The molecular formula is C3H7O5P. The Hall–Kier alpha value is -0.380. The van der Waals surface area contributed by atoms with Crippen LogP contribution in [0.1, 0.15) is 0 Å². The molecule has 3 N–H and O–H groups in total. The van der Waals surface area contributed by atoms with E-state index in [4.69, 9.17) is 15.3 Å². The van der Waals surface area contributed by atoms with E-state index in [0.717, 1.165) is 0 Å². The number of aliphatic hydroxyl groups excluding tert-OH is 1. The van der Waals surface area contributed by atoms with Gasteiger partial charge in [0, 0.05) is 0 Å². The molecule has 0 fully saturated rings. The van der Waals surface area contributed by atoms with Gasteiger partial charge in [0.25, 0.3) is 0 Å². The number of hydrogen-bond acceptors (Lipinski definition) is 4. The zero-order valence-electron chi connectivity index (χ0n) is 4.44. The first-order valence-electron chi connectivity index (χ1n) is 2.10. The van der Waals surface area contributed by atoms with Crippen molar-refractivity contribution in [3.05, 3.63) is 0 Å². The molecule has 0 amide bonds. The fraction of sp³-hybridized carbons (Fsp3) is 0.667. The van der Waals surface area contributed by atoms with Crippen LogP contribution in [-0.4, -0.2) is 33.2 Å². The largest absolute Gasteiger partial charge is 0.479 e. The average molecular weight is 154 g/mol. The molecular weight excluding hydrogens is 147 g/mol. The van der Waals surface area contributed by atoms with Crippen LogP contribution in [0.5, 0.6) is 0 Å². The van der Waals surface area contributed by atoms with Gasteiger partial charge in [0.05, 0.1) is 6.61 Å². The SMILES string of the molecule is O=[PH2]C(O)(CO)C(=O)O. The lowest BCUT2D eigenvalue weighted by molar-refractivity contribution is -0.152. The van der Waals surface area contributed by atoms with Gasteiger partial charge >= 0.3 is 5.97 Å². The summed E-state index contributed by atoms with van der Waals surface area (Å²) in [4.78, 5) is 9.89. The Kier molecular flexibility index (Phi) is 2.84. The van der Waals surface area contributed by atoms with Crippen molar-refractivity contribution in [1.29, 1.82) is 0 Å². The first-order valence-corrected chi connectivity index (χ1v) is 3.14. The predicted octanol–water partition coefficient (Wildman–Crippen LogP) is -1.49. The fourth-order valence-corrected chi connectivity index (χ4v) is 0.331.